The first-order chi connectivity index (χ1) is 9.95. The van der Waals surface area contributed by atoms with E-state index in [1.54, 1.807) is 18.7 Å². The Balaban J connectivity index is 1.93. The minimum atomic E-state index is 0.0862. The van der Waals surface area contributed by atoms with Gasteiger partial charge in [0.1, 0.15) is 5.82 Å². The molecule has 0 bridgehead atoms. The monoisotopic (exact) mass is 289 g/mol. The summed E-state index contributed by atoms with van der Waals surface area (Å²) in [5.74, 6) is 2.14. The largest absolute Gasteiger partial charge is 0.422 e. The molecule has 1 aliphatic rings. The lowest BCUT2D eigenvalue weighted by molar-refractivity contribution is -0.129. The smallest absolute Gasteiger partial charge is 0.252 e. The predicted octanol–water partition coefficient (Wildman–Crippen LogP) is 1.29. The van der Waals surface area contributed by atoms with E-state index in [1.807, 2.05) is 14.0 Å². The van der Waals surface area contributed by atoms with Crippen LogP contribution < -0.4 is 4.90 Å². The highest BCUT2D eigenvalue weighted by atomic mass is 16.4. The molecule has 0 spiro atoms. The SMILES string of the molecule is CC(=O)N(C)C1CCN(c2nc(C)nc3oc(C)nc23)C1. The van der Waals surface area contributed by atoms with Crippen molar-refractivity contribution in [2.24, 2.45) is 0 Å². The van der Waals surface area contributed by atoms with E-state index in [0.717, 1.165) is 25.3 Å². The minimum Gasteiger partial charge on any atom is -0.422 e. The van der Waals surface area contributed by atoms with Crippen molar-refractivity contribution in [3.63, 3.8) is 0 Å². The zero-order valence-corrected chi connectivity index (χ0v) is 12.8. The molecule has 0 saturated carbocycles. The maximum Gasteiger partial charge on any atom is 0.252 e. The number of hydrogen-bond acceptors (Lipinski definition) is 6. The highest BCUT2D eigenvalue weighted by Gasteiger charge is 2.30. The third-order valence-electron chi connectivity index (χ3n) is 3.97. The van der Waals surface area contributed by atoms with Crippen LogP contribution in [-0.4, -0.2) is 51.9 Å². The first-order valence-electron chi connectivity index (χ1n) is 7.06. The number of carbonyl (C=O) groups is 1. The Bertz CT molecular complexity index is 696. The fraction of sp³-hybridized carbons (Fsp3) is 0.571. The number of oxazole rings is 1. The average molecular weight is 289 g/mol. The zero-order chi connectivity index (χ0) is 15.1. The second kappa shape index (κ2) is 4.98. The maximum absolute atomic E-state index is 11.5. The number of aryl methyl sites for hydroxylation is 2. The van der Waals surface area contributed by atoms with E-state index in [2.05, 4.69) is 19.9 Å². The molecular formula is C14H19N5O2. The van der Waals surface area contributed by atoms with Gasteiger partial charge in [-0.05, 0) is 13.3 Å². The molecule has 21 heavy (non-hydrogen) atoms. The quantitative estimate of drug-likeness (QED) is 0.829. The molecule has 0 aliphatic carbocycles. The summed E-state index contributed by atoms with van der Waals surface area (Å²) in [7, 11) is 1.84. The molecule has 1 unspecified atom stereocenters. The van der Waals surface area contributed by atoms with E-state index in [4.69, 9.17) is 4.42 Å². The van der Waals surface area contributed by atoms with Gasteiger partial charge in [0.25, 0.3) is 5.71 Å². The van der Waals surface area contributed by atoms with E-state index >= 15 is 0 Å². The lowest BCUT2D eigenvalue weighted by atomic mass is 10.2. The van der Waals surface area contributed by atoms with Crippen molar-refractivity contribution in [1.82, 2.24) is 19.9 Å². The summed E-state index contributed by atoms with van der Waals surface area (Å²) in [6, 6.07) is 0.209. The van der Waals surface area contributed by atoms with Gasteiger partial charge in [-0.25, -0.2) is 9.97 Å². The Morgan fingerprint density at radius 2 is 2.10 bits per heavy atom. The van der Waals surface area contributed by atoms with Crippen LogP contribution in [0.2, 0.25) is 0 Å². The fourth-order valence-electron chi connectivity index (χ4n) is 2.74. The number of anilines is 1. The Labute approximate surface area is 123 Å². The predicted molar refractivity (Wildman–Crippen MR) is 78.1 cm³/mol. The summed E-state index contributed by atoms with van der Waals surface area (Å²) < 4.78 is 5.51. The third kappa shape index (κ3) is 2.43. The Kier molecular flexibility index (Phi) is 3.27. The molecule has 0 radical (unpaired) electrons. The van der Waals surface area contributed by atoms with Gasteiger partial charge >= 0.3 is 0 Å². The van der Waals surface area contributed by atoms with Crippen molar-refractivity contribution in [3.05, 3.63) is 11.7 Å². The topological polar surface area (TPSA) is 75.4 Å². The van der Waals surface area contributed by atoms with Gasteiger partial charge in [0.15, 0.2) is 17.2 Å². The van der Waals surface area contributed by atoms with Crippen LogP contribution in [0.5, 0.6) is 0 Å². The number of nitrogens with zero attached hydrogens (tertiary/aromatic N) is 5. The van der Waals surface area contributed by atoms with Crippen LogP contribution in [0.1, 0.15) is 25.1 Å². The molecule has 1 atom stereocenters. The van der Waals surface area contributed by atoms with Gasteiger partial charge in [0, 0.05) is 34.0 Å². The first-order valence-corrected chi connectivity index (χ1v) is 7.06. The average Bonchev–Trinajstić information content (AvgIpc) is 3.02. The highest BCUT2D eigenvalue weighted by molar-refractivity contribution is 5.82. The van der Waals surface area contributed by atoms with Crippen molar-refractivity contribution in [1.29, 1.82) is 0 Å². The third-order valence-corrected chi connectivity index (χ3v) is 3.97. The van der Waals surface area contributed by atoms with E-state index < -0.39 is 0 Å². The minimum absolute atomic E-state index is 0.0862. The van der Waals surface area contributed by atoms with Gasteiger partial charge in [-0.15, -0.1) is 0 Å². The lowest BCUT2D eigenvalue weighted by Crippen LogP contribution is -2.37. The molecule has 1 fully saturated rings. The molecule has 2 aromatic rings. The summed E-state index contributed by atoms with van der Waals surface area (Å²) >= 11 is 0. The van der Waals surface area contributed by atoms with Crippen LogP contribution >= 0.6 is 0 Å². The zero-order valence-electron chi connectivity index (χ0n) is 12.8. The summed E-state index contributed by atoms with van der Waals surface area (Å²) in [6.45, 7) is 6.84. The van der Waals surface area contributed by atoms with Crippen LogP contribution in [0.25, 0.3) is 11.2 Å². The number of carbonyl (C=O) groups excluding carboxylic acids is 1. The number of rotatable bonds is 2. The van der Waals surface area contributed by atoms with E-state index in [0.29, 0.717) is 22.9 Å². The fourth-order valence-corrected chi connectivity index (χ4v) is 2.74. The number of fused-ring (bicyclic) bond motifs is 1. The molecule has 2 aromatic heterocycles. The maximum atomic E-state index is 11.5. The lowest BCUT2D eigenvalue weighted by Gasteiger charge is -2.24. The molecule has 7 heteroatoms. The van der Waals surface area contributed by atoms with Crippen molar-refractivity contribution in [3.8, 4) is 0 Å². The number of aromatic nitrogens is 3. The van der Waals surface area contributed by atoms with Gasteiger partial charge in [-0.2, -0.15) is 4.98 Å². The molecule has 1 saturated heterocycles. The van der Waals surface area contributed by atoms with Crippen LogP contribution in [0.4, 0.5) is 5.82 Å². The summed E-state index contributed by atoms with van der Waals surface area (Å²) in [5.41, 5.74) is 1.22. The van der Waals surface area contributed by atoms with Crippen LogP contribution in [0.3, 0.4) is 0 Å². The summed E-state index contributed by atoms with van der Waals surface area (Å²) in [6.07, 6.45) is 0.928. The first kappa shape index (κ1) is 13.8. The molecule has 3 heterocycles. The number of hydrogen-bond donors (Lipinski definition) is 0. The molecule has 0 N–H and O–H groups in total. The number of likely N-dealkylation sites (N-methyl/N-ethyl adjacent to an activating group) is 1. The normalized spacial score (nSPS) is 18.5. The van der Waals surface area contributed by atoms with Gasteiger partial charge < -0.3 is 14.2 Å². The molecular weight excluding hydrogens is 270 g/mol. The molecule has 7 nitrogen and oxygen atoms in total. The Hall–Kier alpha value is -2.18. The van der Waals surface area contributed by atoms with E-state index in [-0.39, 0.29) is 11.9 Å². The van der Waals surface area contributed by atoms with Crippen molar-refractivity contribution in [2.75, 3.05) is 25.0 Å². The van der Waals surface area contributed by atoms with Gasteiger partial charge in [0.05, 0.1) is 6.04 Å². The number of amides is 1. The van der Waals surface area contributed by atoms with E-state index in [9.17, 15) is 4.79 Å². The standard InChI is InChI=1S/C14H19N5O2/c1-8-15-13(12-14(16-8)21-9(2)17-12)19-6-5-11(7-19)18(4)10(3)20/h11H,5-7H2,1-4H3. The molecule has 0 aromatic carbocycles. The molecule has 112 valence electrons. The molecule has 1 aliphatic heterocycles. The summed E-state index contributed by atoms with van der Waals surface area (Å²) in [5, 5.41) is 0. The molecule has 1 amide bonds. The molecule has 3 rings (SSSR count). The Morgan fingerprint density at radius 3 is 2.81 bits per heavy atom. The van der Waals surface area contributed by atoms with Crippen molar-refractivity contribution in [2.45, 2.75) is 33.2 Å². The van der Waals surface area contributed by atoms with Gasteiger partial charge in [-0.1, -0.05) is 0 Å². The highest BCUT2D eigenvalue weighted by Crippen LogP contribution is 2.27. The van der Waals surface area contributed by atoms with Crippen LogP contribution in [0, 0.1) is 13.8 Å². The van der Waals surface area contributed by atoms with Crippen LogP contribution in [-0.2, 0) is 4.79 Å². The van der Waals surface area contributed by atoms with Crippen molar-refractivity contribution < 1.29 is 9.21 Å². The summed E-state index contributed by atoms with van der Waals surface area (Å²) in [4.78, 5) is 28.6. The van der Waals surface area contributed by atoms with Crippen LogP contribution in [0.15, 0.2) is 4.42 Å². The second-order valence-electron chi connectivity index (χ2n) is 5.50. The van der Waals surface area contributed by atoms with Gasteiger partial charge in [0.2, 0.25) is 5.91 Å². The van der Waals surface area contributed by atoms with E-state index in [1.165, 1.54) is 0 Å². The van der Waals surface area contributed by atoms with Gasteiger partial charge in [-0.3, -0.25) is 4.79 Å². The Morgan fingerprint density at radius 1 is 1.33 bits per heavy atom. The van der Waals surface area contributed by atoms with Crippen molar-refractivity contribution >= 4 is 23.0 Å². The second-order valence-corrected chi connectivity index (χ2v) is 5.50.